The van der Waals surface area contributed by atoms with Crippen LogP contribution in [-0.4, -0.2) is 41.1 Å². The van der Waals surface area contributed by atoms with Crippen LogP contribution >= 0.6 is 0 Å². The van der Waals surface area contributed by atoms with E-state index >= 15 is 0 Å². The maximum Gasteiger partial charge on any atom is 0.294 e. The molecule has 0 radical (unpaired) electrons. The Bertz CT molecular complexity index is 630. The van der Waals surface area contributed by atoms with Crippen molar-refractivity contribution in [1.29, 1.82) is 0 Å². The molecule has 0 aromatic heterocycles. The molecule has 2 unspecified atom stereocenters. The number of benzene rings is 1. The van der Waals surface area contributed by atoms with Gasteiger partial charge in [-0.25, -0.2) is 0 Å². The molecule has 1 aromatic rings. The number of ether oxygens (including phenoxy) is 1. The minimum atomic E-state index is -0.782. The highest BCUT2D eigenvalue weighted by Gasteiger charge is 2.23. The molecule has 7 heteroatoms. The fourth-order valence-electron chi connectivity index (χ4n) is 3.00. The van der Waals surface area contributed by atoms with E-state index in [1.807, 2.05) is 32.1 Å². The molecule has 2 atom stereocenters. The molecule has 0 spiro atoms. The van der Waals surface area contributed by atoms with Crippen molar-refractivity contribution in [2.24, 2.45) is 0 Å². The number of hydrogen-bond acceptors (Lipinski definition) is 6. The van der Waals surface area contributed by atoms with Crippen LogP contribution in [0.1, 0.15) is 38.3 Å². The summed E-state index contributed by atoms with van der Waals surface area (Å²) in [5, 5.41) is 22.9. The first-order valence-electron chi connectivity index (χ1n) is 8.42. The molecule has 7 nitrogen and oxygen atoms in total. The molecule has 1 aromatic carbocycles. The Kier molecular flexibility index (Phi) is 6.39. The zero-order chi connectivity index (χ0) is 18.4. The molecule has 2 N–H and O–H groups in total. The van der Waals surface area contributed by atoms with Gasteiger partial charge in [-0.05, 0) is 45.2 Å². The Labute approximate surface area is 147 Å². The number of nitrogens with zero attached hydrogens (tertiary/aromatic N) is 1. The number of aliphatic hydroxyl groups excluding tert-OH is 1. The maximum absolute atomic E-state index is 10.4. The number of rotatable bonds is 10. The van der Waals surface area contributed by atoms with Gasteiger partial charge in [0.2, 0.25) is 0 Å². The first kappa shape index (κ1) is 19.2. The third kappa shape index (κ3) is 6.03. The molecular formula is C18H26N2O5. The maximum atomic E-state index is 10.4. The van der Waals surface area contributed by atoms with Gasteiger partial charge >= 0.3 is 0 Å². The summed E-state index contributed by atoms with van der Waals surface area (Å²) in [7, 11) is 0. The Morgan fingerprint density at radius 3 is 2.92 bits per heavy atom. The van der Waals surface area contributed by atoms with E-state index in [2.05, 4.69) is 22.3 Å². The highest BCUT2D eigenvalue weighted by Crippen LogP contribution is 2.28. The van der Waals surface area contributed by atoms with Crippen LogP contribution in [0.25, 0.3) is 6.08 Å². The van der Waals surface area contributed by atoms with Gasteiger partial charge in [0.05, 0.1) is 0 Å². The number of β-amino-alcohol motifs (C(OH)–C–C–N with tert-alkyl or cyclic N) is 1. The molecular weight excluding hydrogens is 324 g/mol. The molecule has 2 rings (SSSR count). The first-order valence-corrected chi connectivity index (χ1v) is 8.42. The highest BCUT2D eigenvalue weighted by molar-refractivity contribution is 5.66. The van der Waals surface area contributed by atoms with Gasteiger partial charge in [0, 0.05) is 17.6 Å². The lowest BCUT2D eigenvalue weighted by molar-refractivity contribution is -0.768. The van der Waals surface area contributed by atoms with Crippen molar-refractivity contribution in [2.45, 2.75) is 51.4 Å². The molecule has 1 aliphatic carbocycles. The van der Waals surface area contributed by atoms with Crippen molar-refractivity contribution < 1.29 is 19.8 Å². The van der Waals surface area contributed by atoms with Crippen molar-refractivity contribution in [1.82, 2.24) is 5.32 Å². The summed E-state index contributed by atoms with van der Waals surface area (Å²) in [5.74, 6) is 0.776. The standard InChI is InChI=1S/C18H26N2O5/c1-13(25-20(22)23)10-18(2,3)19-11-15(21)12-24-17-9-5-7-14-6-4-8-16(14)17/h4-5,7-9,13,15,19,21H,6,10-12H2,1-3H3. The van der Waals surface area contributed by atoms with Crippen molar-refractivity contribution in [3.63, 3.8) is 0 Å². The fourth-order valence-corrected chi connectivity index (χ4v) is 3.00. The van der Waals surface area contributed by atoms with Gasteiger partial charge in [0.15, 0.2) is 0 Å². The molecule has 0 amide bonds. The number of nitrogens with one attached hydrogen (secondary N) is 1. The second-order valence-electron chi connectivity index (χ2n) is 7.01. The van der Waals surface area contributed by atoms with Crippen molar-refractivity contribution in [3.05, 3.63) is 45.5 Å². The summed E-state index contributed by atoms with van der Waals surface area (Å²) in [6.45, 7) is 5.97. The lowest BCUT2D eigenvalue weighted by Crippen LogP contribution is -2.46. The smallest absolute Gasteiger partial charge is 0.294 e. The summed E-state index contributed by atoms with van der Waals surface area (Å²) < 4.78 is 5.75. The monoisotopic (exact) mass is 350 g/mol. The molecule has 0 heterocycles. The van der Waals surface area contributed by atoms with Crippen LogP contribution in [0.2, 0.25) is 0 Å². The van der Waals surface area contributed by atoms with Gasteiger partial charge in [0.1, 0.15) is 24.6 Å². The molecule has 138 valence electrons. The average molecular weight is 350 g/mol. The largest absolute Gasteiger partial charge is 0.490 e. The molecule has 0 fully saturated rings. The summed E-state index contributed by atoms with van der Waals surface area (Å²) in [4.78, 5) is 14.9. The van der Waals surface area contributed by atoms with Gasteiger partial charge in [-0.1, -0.05) is 24.3 Å². The SMILES string of the molecule is CC(CC(C)(C)NCC(O)COc1cccc2c1C=CC2)O[N+](=O)[O-]. The number of hydrogen-bond donors (Lipinski definition) is 2. The van der Waals surface area contributed by atoms with Gasteiger partial charge in [-0.3, -0.25) is 0 Å². The van der Waals surface area contributed by atoms with Gasteiger partial charge < -0.3 is 20.0 Å². The van der Waals surface area contributed by atoms with Gasteiger partial charge in [-0.2, -0.15) is 0 Å². The van der Waals surface area contributed by atoms with Crippen LogP contribution < -0.4 is 10.1 Å². The molecule has 0 saturated heterocycles. The van der Waals surface area contributed by atoms with Crippen LogP contribution in [0.5, 0.6) is 5.75 Å². The second kappa shape index (κ2) is 8.31. The minimum Gasteiger partial charge on any atom is -0.490 e. The van der Waals surface area contributed by atoms with Crippen LogP contribution in [0.15, 0.2) is 24.3 Å². The van der Waals surface area contributed by atoms with Gasteiger partial charge in [0.25, 0.3) is 5.09 Å². The molecule has 0 aliphatic heterocycles. The Hall–Kier alpha value is -2.12. The third-order valence-corrected chi connectivity index (χ3v) is 4.09. The quantitative estimate of drug-likeness (QED) is 0.497. The Balaban J connectivity index is 1.77. The van der Waals surface area contributed by atoms with Crippen LogP contribution in [0, 0.1) is 10.1 Å². The molecule has 0 saturated carbocycles. The predicted octanol–water partition coefficient (Wildman–Crippen LogP) is 2.35. The Morgan fingerprint density at radius 1 is 1.44 bits per heavy atom. The molecule has 0 bridgehead atoms. The van der Waals surface area contributed by atoms with E-state index in [9.17, 15) is 15.2 Å². The van der Waals surface area contributed by atoms with E-state index in [-0.39, 0.29) is 6.61 Å². The summed E-state index contributed by atoms with van der Waals surface area (Å²) >= 11 is 0. The second-order valence-corrected chi connectivity index (χ2v) is 7.01. The molecule has 25 heavy (non-hydrogen) atoms. The zero-order valence-electron chi connectivity index (χ0n) is 14.9. The van der Waals surface area contributed by atoms with Crippen LogP contribution in [-0.2, 0) is 11.3 Å². The lowest BCUT2D eigenvalue weighted by Gasteiger charge is -2.29. The third-order valence-electron chi connectivity index (χ3n) is 4.09. The van der Waals surface area contributed by atoms with Crippen molar-refractivity contribution >= 4 is 6.08 Å². The minimum absolute atomic E-state index is 0.175. The van der Waals surface area contributed by atoms with Crippen molar-refractivity contribution in [3.8, 4) is 5.75 Å². The Morgan fingerprint density at radius 2 is 2.20 bits per heavy atom. The summed E-state index contributed by atoms with van der Waals surface area (Å²) in [5.41, 5.74) is 1.90. The number of fused-ring (bicyclic) bond motifs is 1. The van der Waals surface area contributed by atoms with E-state index < -0.39 is 22.8 Å². The summed E-state index contributed by atoms with van der Waals surface area (Å²) in [6.07, 6.45) is 4.27. The van der Waals surface area contributed by atoms with E-state index in [4.69, 9.17) is 4.74 Å². The summed E-state index contributed by atoms with van der Waals surface area (Å²) in [6, 6.07) is 5.91. The predicted molar refractivity (Wildman–Crippen MR) is 94.9 cm³/mol. The fraction of sp³-hybridized carbons (Fsp3) is 0.556. The number of allylic oxidation sites excluding steroid dienone is 1. The van der Waals surface area contributed by atoms with Gasteiger partial charge in [-0.15, -0.1) is 10.1 Å². The van der Waals surface area contributed by atoms with Crippen LogP contribution in [0.3, 0.4) is 0 Å². The van der Waals surface area contributed by atoms with E-state index in [0.29, 0.717) is 13.0 Å². The lowest BCUT2D eigenvalue weighted by atomic mass is 9.97. The molecule has 1 aliphatic rings. The average Bonchev–Trinajstić information content (AvgIpc) is 2.98. The van der Waals surface area contributed by atoms with Crippen molar-refractivity contribution in [2.75, 3.05) is 13.2 Å². The highest BCUT2D eigenvalue weighted by atomic mass is 17.0. The first-order chi connectivity index (χ1) is 11.8. The zero-order valence-corrected chi connectivity index (χ0v) is 14.9. The topological polar surface area (TPSA) is 93.9 Å². The van der Waals surface area contributed by atoms with E-state index in [1.165, 1.54) is 5.56 Å². The van der Waals surface area contributed by atoms with E-state index in [0.717, 1.165) is 17.7 Å². The number of aliphatic hydroxyl groups is 1. The normalized spacial score (nSPS) is 15.5. The van der Waals surface area contributed by atoms with E-state index in [1.54, 1.807) is 6.92 Å². The van der Waals surface area contributed by atoms with Crippen LogP contribution in [0.4, 0.5) is 0 Å².